The highest BCUT2D eigenvalue weighted by Crippen LogP contribution is 2.27. The molecule has 1 saturated carbocycles. The Balaban J connectivity index is 1.64. The van der Waals surface area contributed by atoms with Gasteiger partial charge in [0.25, 0.3) is 0 Å². The highest BCUT2D eigenvalue weighted by atomic mass is 16.3. The molecule has 1 aromatic rings. The van der Waals surface area contributed by atoms with Gasteiger partial charge in [-0.1, -0.05) is 25.3 Å². The molecule has 2 aliphatic rings. The molecule has 0 spiro atoms. The van der Waals surface area contributed by atoms with Crippen LogP contribution in [0.25, 0.3) is 0 Å². The largest absolute Gasteiger partial charge is 0.396 e. The average Bonchev–Trinajstić information content (AvgIpc) is 2.64. The number of nitrogens with zero attached hydrogens (tertiary/aromatic N) is 4. The van der Waals surface area contributed by atoms with Crippen LogP contribution in [0.3, 0.4) is 0 Å². The number of aliphatic hydroxyl groups excluding tert-OH is 1. The molecule has 5 heteroatoms. The summed E-state index contributed by atoms with van der Waals surface area (Å²) in [6, 6.07) is 8.11. The lowest BCUT2D eigenvalue weighted by atomic mass is 9.88. The van der Waals surface area contributed by atoms with Gasteiger partial charge < -0.3 is 10.0 Å². The third kappa shape index (κ3) is 4.25. The summed E-state index contributed by atoms with van der Waals surface area (Å²) < 4.78 is 0. The topological polar surface area (TPSA) is 63.4 Å². The summed E-state index contributed by atoms with van der Waals surface area (Å²) in [6.07, 6.45) is 7.67. The van der Waals surface area contributed by atoms with Crippen molar-refractivity contribution in [1.29, 1.82) is 5.26 Å². The molecule has 0 aromatic carbocycles. The Morgan fingerprint density at radius 2 is 2.04 bits per heavy atom. The van der Waals surface area contributed by atoms with E-state index in [4.69, 9.17) is 5.26 Å². The summed E-state index contributed by atoms with van der Waals surface area (Å²) in [6.45, 7) is 4.24. The third-order valence-electron chi connectivity index (χ3n) is 5.46. The predicted octanol–water partition coefficient (Wildman–Crippen LogP) is 2.41. The summed E-state index contributed by atoms with van der Waals surface area (Å²) in [5.41, 5.74) is 0.468. The highest BCUT2D eigenvalue weighted by molar-refractivity contribution is 5.42. The van der Waals surface area contributed by atoms with Crippen molar-refractivity contribution in [2.75, 3.05) is 37.7 Å². The van der Waals surface area contributed by atoms with Gasteiger partial charge in [0.2, 0.25) is 0 Å². The summed E-state index contributed by atoms with van der Waals surface area (Å²) in [5, 5.41) is 18.5. The van der Waals surface area contributed by atoms with Gasteiger partial charge in [0.1, 0.15) is 17.6 Å². The number of hydrogen-bond donors (Lipinski definition) is 1. The monoisotopic (exact) mass is 328 g/mol. The van der Waals surface area contributed by atoms with E-state index in [2.05, 4.69) is 20.9 Å². The first kappa shape index (κ1) is 17.2. The Bertz CT molecular complexity index is 565. The van der Waals surface area contributed by atoms with E-state index in [0.29, 0.717) is 11.7 Å². The van der Waals surface area contributed by atoms with Crippen LogP contribution in [-0.4, -0.2) is 53.8 Å². The molecule has 24 heavy (non-hydrogen) atoms. The van der Waals surface area contributed by atoms with Crippen LogP contribution in [-0.2, 0) is 0 Å². The molecule has 5 nitrogen and oxygen atoms in total. The Hall–Kier alpha value is -1.64. The molecular formula is C19H28N4O. The van der Waals surface area contributed by atoms with Crippen LogP contribution in [0.15, 0.2) is 18.2 Å². The number of nitriles is 1. The van der Waals surface area contributed by atoms with Crippen LogP contribution in [0.4, 0.5) is 5.82 Å². The van der Waals surface area contributed by atoms with Crippen LogP contribution in [0, 0.1) is 17.2 Å². The number of anilines is 1. The zero-order valence-electron chi connectivity index (χ0n) is 14.4. The first-order chi connectivity index (χ1) is 11.8. The van der Waals surface area contributed by atoms with Crippen molar-refractivity contribution in [1.82, 2.24) is 9.88 Å². The van der Waals surface area contributed by atoms with Gasteiger partial charge in [-0.2, -0.15) is 5.26 Å². The maximum Gasteiger partial charge on any atom is 0.142 e. The van der Waals surface area contributed by atoms with Crippen LogP contribution >= 0.6 is 0 Å². The molecular weight excluding hydrogens is 300 g/mol. The summed E-state index contributed by atoms with van der Waals surface area (Å²) in [5.74, 6) is 1.71. The van der Waals surface area contributed by atoms with Gasteiger partial charge >= 0.3 is 0 Å². The lowest BCUT2D eigenvalue weighted by Gasteiger charge is -2.43. The maximum absolute atomic E-state index is 9.48. The van der Waals surface area contributed by atoms with Crippen LogP contribution < -0.4 is 4.90 Å². The zero-order valence-corrected chi connectivity index (χ0v) is 14.4. The molecule has 0 radical (unpaired) electrons. The van der Waals surface area contributed by atoms with Gasteiger partial charge in [0.05, 0.1) is 0 Å². The average molecular weight is 328 g/mol. The molecule has 2 fully saturated rings. The fourth-order valence-electron chi connectivity index (χ4n) is 4.13. The lowest BCUT2D eigenvalue weighted by molar-refractivity contribution is 0.112. The van der Waals surface area contributed by atoms with Gasteiger partial charge in [0, 0.05) is 38.8 Å². The fourth-order valence-corrected chi connectivity index (χ4v) is 4.13. The molecule has 1 aliphatic carbocycles. The number of aromatic nitrogens is 1. The molecule has 1 atom stereocenters. The molecule has 2 heterocycles. The first-order valence-corrected chi connectivity index (χ1v) is 9.27. The van der Waals surface area contributed by atoms with Crippen LogP contribution in [0.2, 0.25) is 0 Å². The van der Waals surface area contributed by atoms with Crippen molar-refractivity contribution in [3.63, 3.8) is 0 Å². The molecule has 130 valence electrons. The van der Waals surface area contributed by atoms with E-state index in [1.807, 2.05) is 12.1 Å². The SMILES string of the molecule is N#Cc1cccc(N2CCN(CC3CCCCC3)[C@@H](CCO)C2)n1. The van der Waals surface area contributed by atoms with E-state index in [0.717, 1.165) is 37.8 Å². The van der Waals surface area contributed by atoms with E-state index < -0.39 is 0 Å². The van der Waals surface area contributed by atoms with Crippen LogP contribution in [0.5, 0.6) is 0 Å². The van der Waals surface area contributed by atoms with E-state index >= 15 is 0 Å². The minimum atomic E-state index is 0.228. The second-order valence-electron chi connectivity index (χ2n) is 7.10. The van der Waals surface area contributed by atoms with Crippen molar-refractivity contribution in [2.45, 2.75) is 44.6 Å². The standard InChI is InChI=1S/C19H28N4O/c20-13-17-7-4-8-19(21-17)23-11-10-22(18(15-23)9-12-24)14-16-5-2-1-3-6-16/h4,7-8,16,18,24H,1-3,5-6,9-12,14-15H2/t18-/m0/s1. The number of piperazine rings is 1. The minimum Gasteiger partial charge on any atom is -0.396 e. The Morgan fingerprint density at radius 1 is 1.21 bits per heavy atom. The van der Waals surface area contributed by atoms with Crippen molar-refractivity contribution in [3.8, 4) is 6.07 Å². The number of pyridine rings is 1. The van der Waals surface area contributed by atoms with Crippen molar-refractivity contribution in [3.05, 3.63) is 23.9 Å². The lowest BCUT2D eigenvalue weighted by Crippen LogP contribution is -2.55. The van der Waals surface area contributed by atoms with Crippen molar-refractivity contribution in [2.24, 2.45) is 5.92 Å². The molecule has 1 saturated heterocycles. The number of hydrogen-bond acceptors (Lipinski definition) is 5. The van der Waals surface area contributed by atoms with Gasteiger partial charge in [-0.3, -0.25) is 4.90 Å². The maximum atomic E-state index is 9.48. The molecule has 0 bridgehead atoms. The van der Waals surface area contributed by atoms with E-state index in [1.165, 1.54) is 38.6 Å². The van der Waals surface area contributed by atoms with E-state index in [-0.39, 0.29) is 6.61 Å². The number of aliphatic hydroxyl groups is 1. The Morgan fingerprint density at radius 3 is 2.79 bits per heavy atom. The van der Waals surface area contributed by atoms with E-state index in [9.17, 15) is 5.11 Å². The van der Waals surface area contributed by atoms with Gasteiger partial charge in [-0.25, -0.2) is 4.98 Å². The van der Waals surface area contributed by atoms with E-state index in [1.54, 1.807) is 6.07 Å². The molecule has 1 N–H and O–H groups in total. The molecule has 0 unspecified atom stereocenters. The van der Waals surface area contributed by atoms with Gasteiger partial charge in [0.15, 0.2) is 0 Å². The second-order valence-corrected chi connectivity index (χ2v) is 7.10. The smallest absolute Gasteiger partial charge is 0.142 e. The number of rotatable bonds is 5. The first-order valence-electron chi connectivity index (χ1n) is 9.27. The Labute approximate surface area is 144 Å². The second kappa shape index (κ2) is 8.46. The quantitative estimate of drug-likeness (QED) is 0.899. The molecule has 1 aromatic heterocycles. The normalized spacial score (nSPS) is 23.2. The highest BCUT2D eigenvalue weighted by Gasteiger charge is 2.29. The summed E-state index contributed by atoms with van der Waals surface area (Å²) >= 11 is 0. The zero-order chi connectivity index (χ0) is 16.8. The van der Waals surface area contributed by atoms with Gasteiger partial charge in [-0.15, -0.1) is 0 Å². The minimum absolute atomic E-state index is 0.228. The van der Waals surface area contributed by atoms with Crippen molar-refractivity contribution >= 4 is 5.82 Å². The van der Waals surface area contributed by atoms with Crippen molar-refractivity contribution < 1.29 is 5.11 Å². The summed E-state index contributed by atoms with van der Waals surface area (Å²) in [4.78, 5) is 9.28. The molecule has 1 aliphatic heterocycles. The fraction of sp³-hybridized carbons (Fsp3) is 0.684. The molecule has 0 amide bonds. The predicted molar refractivity (Wildman–Crippen MR) is 94.8 cm³/mol. The third-order valence-corrected chi connectivity index (χ3v) is 5.46. The van der Waals surface area contributed by atoms with Crippen LogP contribution in [0.1, 0.15) is 44.2 Å². The Kier molecular flexibility index (Phi) is 6.06. The summed E-state index contributed by atoms with van der Waals surface area (Å²) in [7, 11) is 0. The van der Waals surface area contributed by atoms with Gasteiger partial charge in [-0.05, 0) is 37.3 Å². The molecule has 3 rings (SSSR count).